The maximum absolute atomic E-state index is 5.90. The summed E-state index contributed by atoms with van der Waals surface area (Å²) in [4.78, 5) is 2.46. The van der Waals surface area contributed by atoms with Crippen molar-refractivity contribution >= 4 is 0 Å². The molecule has 0 spiro atoms. The molecule has 2 nitrogen and oxygen atoms in total. The highest BCUT2D eigenvalue weighted by atomic mass is 15.1. The molecule has 0 aromatic rings. The molecule has 1 aliphatic rings. The molecular formula is C12H26N2. The van der Waals surface area contributed by atoms with Gasteiger partial charge in [-0.1, -0.05) is 19.8 Å². The van der Waals surface area contributed by atoms with E-state index >= 15 is 0 Å². The molecule has 0 heterocycles. The molecule has 1 saturated carbocycles. The van der Waals surface area contributed by atoms with Gasteiger partial charge in [-0.2, -0.15) is 0 Å². The Morgan fingerprint density at radius 1 is 1.36 bits per heavy atom. The monoisotopic (exact) mass is 198 g/mol. The fraction of sp³-hybridized carbons (Fsp3) is 1.00. The van der Waals surface area contributed by atoms with Gasteiger partial charge in [0.2, 0.25) is 0 Å². The van der Waals surface area contributed by atoms with E-state index in [1.165, 1.54) is 38.8 Å². The van der Waals surface area contributed by atoms with Gasteiger partial charge in [0.05, 0.1) is 0 Å². The van der Waals surface area contributed by atoms with Crippen molar-refractivity contribution in [2.75, 3.05) is 20.1 Å². The van der Waals surface area contributed by atoms with Crippen molar-refractivity contribution in [3.63, 3.8) is 0 Å². The Kier molecular flexibility index (Phi) is 5.49. The summed E-state index contributed by atoms with van der Waals surface area (Å²) in [5.74, 6) is 0.970. The van der Waals surface area contributed by atoms with Crippen LogP contribution in [0.5, 0.6) is 0 Å². The maximum atomic E-state index is 5.90. The van der Waals surface area contributed by atoms with Gasteiger partial charge in [0.25, 0.3) is 0 Å². The Balaban J connectivity index is 2.05. The fourth-order valence-electron chi connectivity index (χ4n) is 2.32. The highest BCUT2D eigenvalue weighted by molar-refractivity contribution is 4.71. The minimum Gasteiger partial charge on any atom is -0.328 e. The third-order valence-corrected chi connectivity index (χ3v) is 3.45. The number of nitrogens with two attached hydrogens (primary N) is 1. The van der Waals surface area contributed by atoms with Crippen LogP contribution in [0.4, 0.5) is 0 Å². The van der Waals surface area contributed by atoms with Gasteiger partial charge < -0.3 is 10.6 Å². The van der Waals surface area contributed by atoms with Crippen molar-refractivity contribution in [2.24, 2.45) is 11.7 Å². The molecule has 0 amide bonds. The molecule has 1 unspecified atom stereocenters. The first-order chi connectivity index (χ1) is 6.72. The summed E-state index contributed by atoms with van der Waals surface area (Å²) in [6, 6.07) is 0.404. The van der Waals surface area contributed by atoms with Gasteiger partial charge in [-0.05, 0) is 45.2 Å². The van der Waals surface area contributed by atoms with Crippen LogP contribution in [0, 0.1) is 5.92 Å². The third kappa shape index (κ3) is 4.43. The number of nitrogens with zero attached hydrogens (tertiary/aromatic N) is 1. The van der Waals surface area contributed by atoms with E-state index in [0.29, 0.717) is 6.04 Å². The van der Waals surface area contributed by atoms with Gasteiger partial charge in [-0.15, -0.1) is 0 Å². The molecule has 14 heavy (non-hydrogen) atoms. The molecule has 84 valence electrons. The van der Waals surface area contributed by atoms with Crippen molar-refractivity contribution in [3.8, 4) is 0 Å². The van der Waals surface area contributed by atoms with Crippen LogP contribution >= 0.6 is 0 Å². The first-order valence-electron chi connectivity index (χ1n) is 6.16. The molecule has 0 radical (unpaired) electrons. The predicted octanol–water partition coefficient (Wildman–Crippen LogP) is 2.24. The highest BCUT2D eigenvalue weighted by Crippen LogP contribution is 2.25. The van der Waals surface area contributed by atoms with Crippen LogP contribution in [0.1, 0.15) is 45.4 Å². The lowest BCUT2D eigenvalue weighted by atomic mass is 10.1. The molecule has 1 fully saturated rings. The van der Waals surface area contributed by atoms with Crippen LogP contribution in [-0.4, -0.2) is 31.1 Å². The van der Waals surface area contributed by atoms with E-state index < -0.39 is 0 Å². The molecular weight excluding hydrogens is 172 g/mol. The minimum absolute atomic E-state index is 0.404. The lowest BCUT2D eigenvalue weighted by Gasteiger charge is -2.22. The molecule has 0 aromatic heterocycles. The van der Waals surface area contributed by atoms with Crippen LogP contribution in [0.3, 0.4) is 0 Å². The van der Waals surface area contributed by atoms with Crippen LogP contribution in [0.15, 0.2) is 0 Å². The maximum Gasteiger partial charge on any atom is 0.00483 e. The van der Waals surface area contributed by atoms with Crippen LogP contribution < -0.4 is 5.73 Å². The zero-order chi connectivity index (χ0) is 10.4. The summed E-state index contributed by atoms with van der Waals surface area (Å²) in [7, 11) is 2.24. The third-order valence-electron chi connectivity index (χ3n) is 3.45. The summed E-state index contributed by atoms with van der Waals surface area (Å²) in [6.07, 6.45) is 8.06. The van der Waals surface area contributed by atoms with Crippen molar-refractivity contribution < 1.29 is 0 Å². The largest absolute Gasteiger partial charge is 0.328 e. The standard InChI is InChI=1S/C12H26N2/c1-3-12(13)8-9-14(2)10-11-6-4-5-7-11/h11-12H,3-10,13H2,1-2H3. The highest BCUT2D eigenvalue weighted by Gasteiger charge is 2.16. The SMILES string of the molecule is CCC(N)CCN(C)CC1CCCC1. The minimum atomic E-state index is 0.404. The normalized spacial score (nSPS) is 20.6. The average Bonchev–Trinajstić information content (AvgIpc) is 2.66. The van der Waals surface area contributed by atoms with Gasteiger partial charge in [0.15, 0.2) is 0 Å². The van der Waals surface area contributed by atoms with Gasteiger partial charge >= 0.3 is 0 Å². The number of hydrogen-bond donors (Lipinski definition) is 1. The van der Waals surface area contributed by atoms with E-state index in [1.807, 2.05) is 0 Å². The van der Waals surface area contributed by atoms with E-state index in [0.717, 1.165) is 18.8 Å². The van der Waals surface area contributed by atoms with Crippen LogP contribution in [0.25, 0.3) is 0 Å². The van der Waals surface area contributed by atoms with E-state index in [4.69, 9.17) is 5.73 Å². The molecule has 1 rings (SSSR count). The Morgan fingerprint density at radius 3 is 2.57 bits per heavy atom. The summed E-state index contributed by atoms with van der Waals surface area (Å²) in [6.45, 7) is 4.63. The average molecular weight is 198 g/mol. The molecule has 2 heteroatoms. The fourth-order valence-corrected chi connectivity index (χ4v) is 2.32. The first-order valence-corrected chi connectivity index (χ1v) is 6.16. The van der Waals surface area contributed by atoms with E-state index in [9.17, 15) is 0 Å². The lowest BCUT2D eigenvalue weighted by molar-refractivity contribution is 0.267. The lowest BCUT2D eigenvalue weighted by Crippen LogP contribution is -2.30. The molecule has 1 aliphatic carbocycles. The predicted molar refractivity (Wildman–Crippen MR) is 62.3 cm³/mol. The molecule has 0 aliphatic heterocycles. The quantitative estimate of drug-likeness (QED) is 0.709. The summed E-state index contributed by atoms with van der Waals surface area (Å²) < 4.78 is 0. The topological polar surface area (TPSA) is 29.3 Å². The van der Waals surface area contributed by atoms with E-state index in [2.05, 4.69) is 18.9 Å². The second-order valence-electron chi connectivity index (χ2n) is 4.87. The summed E-state index contributed by atoms with van der Waals surface area (Å²) >= 11 is 0. The smallest absolute Gasteiger partial charge is 0.00483 e. The van der Waals surface area contributed by atoms with Gasteiger partial charge in [-0.3, -0.25) is 0 Å². The Bertz CT molecular complexity index is 141. The van der Waals surface area contributed by atoms with E-state index in [-0.39, 0.29) is 0 Å². The van der Waals surface area contributed by atoms with Gasteiger partial charge in [-0.25, -0.2) is 0 Å². The molecule has 0 bridgehead atoms. The molecule has 1 atom stereocenters. The molecule has 0 saturated heterocycles. The van der Waals surface area contributed by atoms with Crippen molar-refractivity contribution in [1.82, 2.24) is 4.90 Å². The Hall–Kier alpha value is -0.0800. The van der Waals surface area contributed by atoms with Gasteiger partial charge in [0, 0.05) is 12.6 Å². The van der Waals surface area contributed by atoms with Crippen LogP contribution in [0.2, 0.25) is 0 Å². The van der Waals surface area contributed by atoms with Crippen molar-refractivity contribution in [1.29, 1.82) is 0 Å². The van der Waals surface area contributed by atoms with Gasteiger partial charge in [0.1, 0.15) is 0 Å². The van der Waals surface area contributed by atoms with Crippen molar-refractivity contribution in [2.45, 2.75) is 51.5 Å². The molecule has 2 N–H and O–H groups in total. The second kappa shape index (κ2) is 6.41. The zero-order valence-corrected chi connectivity index (χ0v) is 9.84. The number of hydrogen-bond acceptors (Lipinski definition) is 2. The summed E-state index contributed by atoms with van der Waals surface area (Å²) in [5, 5.41) is 0. The Morgan fingerprint density at radius 2 is 2.00 bits per heavy atom. The zero-order valence-electron chi connectivity index (χ0n) is 9.84. The van der Waals surface area contributed by atoms with Crippen LogP contribution in [-0.2, 0) is 0 Å². The first kappa shape index (κ1) is 12.0. The Labute approximate surface area is 88.8 Å². The second-order valence-corrected chi connectivity index (χ2v) is 4.87. The summed E-state index contributed by atoms with van der Waals surface area (Å²) in [5.41, 5.74) is 5.90. The molecule has 0 aromatic carbocycles. The van der Waals surface area contributed by atoms with E-state index in [1.54, 1.807) is 0 Å². The van der Waals surface area contributed by atoms with Crippen molar-refractivity contribution in [3.05, 3.63) is 0 Å². The number of rotatable bonds is 6.